The summed E-state index contributed by atoms with van der Waals surface area (Å²) in [6.45, 7) is 2.81. The number of amides is 1. The fourth-order valence-electron chi connectivity index (χ4n) is 2.20. The lowest BCUT2D eigenvalue weighted by molar-refractivity contribution is -0.135. The Bertz CT molecular complexity index is 379. The van der Waals surface area contributed by atoms with Gasteiger partial charge in [0, 0.05) is 39.1 Å². The van der Waals surface area contributed by atoms with Crippen molar-refractivity contribution in [2.45, 2.75) is 12.5 Å². The van der Waals surface area contributed by atoms with Crippen LogP contribution in [0, 0.1) is 0 Å². The number of rotatable bonds is 4. The number of likely N-dealkylation sites (N-methyl/N-ethyl adjacent to an activating group) is 1. The molecule has 2 rings (SSSR count). The highest BCUT2D eigenvalue weighted by molar-refractivity contribution is 5.76. The summed E-state index contributed by atoms with van der Waals surface area (Å²) in [4.78, 5) is 23.5. The molecule has 0 saturated carbocycles. The molecule has 1 fully saturated rings. The van der Waals surface area contributed by atoms with Gasteiger partial charge in [0.2, 0.25) is 5.91 Å². The highest BCUT2D eigenvalue weighted by atomic mass is 16.5. The number of nitrogens with zero attached hydrogens (tertiary/aromatic N) is 3. The van der Waals surface area contributed by atoms with Crippen molar-refractivity contribution in [3.05, 3.63) is 18.2 Å². The molecule has 0 aliphatic carbocycles. The van der Waals surface area contributed by atoms with Crippen molar-refractivity contribution in [3.8, 4) is 0 Å². The maximum atomic E-state index is 12.0. The second kappa shape index (κ2) is 5.97. The minimum Gasteiger partial charge on any atom is -0.384 e. The van der Waals surface area contributed by atoms with Gasteiger partial charge in [0.1, 0.15) is 5.82 Å². The molecule has 6 heteroatoms. The first-order chi connectivity index (χ1) is 8.72. The van der Waals surface area contributed by atoms with Crippen LogP contribution in [0.1, 0.15) is 18.3 Å². The molecule has 0 spiro atoms. The van der Waals surface area contributed by atoms with Gasteiger partial charge in [-0.15, -0.1) is 0 Å². The highest BCUT2D eigenvalue weighted by Gasteiger charge is 2.29. The SMILES string of the molecule is COCCC(=O)N1CCN(C)[C@@H](c2ncc[nH]2)C1. The molecule has 0 radical (unpaired) electrons. The summed E-state index contributed by atoms with van der Waals surface area (Å²) in [5.74, 6) is 1.07. The smallest absolute Gasteiger partial charge is 0.224 e. The largest absolute Gasteiger partial charge is 0.384 e. The van der Waals surface area contributed by atoms with E-state index in [-0.39, 0.29) is 11.9 Å². The lowest BCUT2D eigenvalue weighted by Gasteiger charge is -2.38. The Kier molecular flexibility index (Phi) is 4.33. The summed E-state index contributed by atoms with van der Waals surface area (Å²) in [6, 6.07) is 0.153. The van der Waals surface area contributed by atoms with Gasteiger partial charge in [0.15, 0.2) is 0 Å². The van der Waals surface area contributed by atoms with Crippen LogP contribution < -0.4 is 0 Å². The molecule has 18 heavy (non-hydrogen) atoms. The molecule has 1 aliphatic rings. The molecule has 0 aromatic carbocycles. The van der Waals surface area contributed by atoms with Crippen LogP contribution in [0.25, 0.3) is 0 Å². The van der Waals surface area contributed by atoms with Crippen molar-refractivity contribution in [2.24, 2.45) is 0 Å². The third-order valence-corrected chi connectivity index (χ3v) is 3.36. The maximum Gasteiger partial charge on any atom is 0.224 e. The minimum atomic E-state index is 0.153. The average Bonchev–Trinajstić information content (AvgIpc) is 2.90. The first-order valence-corrected chi connectivity index (χ1v) is 6.18. The zero-order valence-corrected chi connectivity index (χ0v) is 10.9. The fraction of sp³-hybridized carbons (Fsp3) is 0.667. The summed E-state index contributed by atoms with van der Waals surface area (Å²) in [7, 11) is 3.67. The van der Waals surface area contributed by atoms with Gasteiger partial charge in [-0.25, -0.2) is 4.98 Å². The monoisotopic (exact) mass is 252 g/mol. The number of piperazine rings is 1. The van der Waals surface area contributed by atoms with Crippen LogP contribution in [-0.4, -0.2) is 66.1 Å². The number of aromatic amines is 1. The van der Waals surface area contributed by atoms with E-state index in [4.69, 9.17) is 4.74 Å². The molecule has 100 valence electrons. The van der Waals surface area contributed by atoms with Gasteiger partial charge in [-0.2, -0.15) is 0 Å². The van der Waals surface area contributed by atoms with E-state index in [1.807, 2.05) is 11.1 Å². The second-order valence-electron chi connectivity index (χ2n) is 4.55. The lowest BCUT2D eigenvalue weighted by atomic mass is 10.1. The van der Waals surface area contributed by atoms with Crippen molar-refractivity contribution in [1.29, 1.82) is 0 Å². The number of carbonyl (C=O) groups is 1. The molecule has 1 amide bonds. The normalized spacial score (nSPS) is 21.2. The van der Waals surface area contributed by atoms with E-state index < -0.39 is 0 Å². The van der Waals surface area contributed by atoms with Gasteiger partial charge in [0.25, 0.3) is 0 Å². The Hall–Kier alpha value is -1.40. The Morgan fingerprint density at radius 1 is 1.61 bits per heavy atom. The fourth-order valence-corrected chi connectivity index (χ4v) is 2.20. The van der Waals surface area contributed by atoms with Crippen LogP contribution in [0.3, 0.4) is 0 Å². The van der Waals surface area contributed by atoms with Crippen molar-refractivity contribution < 1.29 is 9.53 Å². The van der Waals surface area contributed by atoms with Crippen molar-refractivity contribution in [1.82, 2.24) is 19.8 Å². The highest BCUT2D eigenvalue weighted by Crippen LogP contribution is 2.21. The number of aromatic nitrogens is 2. The Balaban J connectivity index is 1.98. The molecule has 1 aliphatic heterocycles. The van der Waals surface area contributed by atoms with E-state index in [2.05, 4.69) is 21.9 Å². The molecular weight excluding hydrogens is 232 g/mol. The number of hydrogen-bond acceptors (Lipinski definition) is 4. The number of methoxy groups -OCH3 is 1. The summed E-state index contributed by atoms with van der Waals surface area (Å²) < 4.78 is 4.95. The Morgan fingerprint density at radius 2 is 2.44 bits per heavy atom. The number of carbonyl (C=O) groups excluding carboxylic acids is 1. The van der Waals surface area contributed by atoms with Crippen molar-refractivity contribution >= 4 is 5.91 Å². The minimum absolute atomic E-state index is 0.153. The average molecular weight is 252 g/mol. The third-order valence-electron chi connectivity index (χ3n) is 3.36. The Labute approximate surface area is 107 Å². The molecule has 1 aromatic heterocycles. The van der Waals surface area contributed by atoms with E-state index in [0.29, 0.717) is 19.6 Å². The Morgan fingerprint density at radius 3 is 3.11 bits per heavy atom. The predicted octanol–water partition coefficient (Wildman–Crippen LogP) is 0.261. The summed E-state index contributed by atoms with van der Waals surface area (Å²) in [5, 5.41) is 0. The molecule has 0 bridgehead atoms. The summed E-state index contributed by atoms with van der Waals surface area (Å²) >= 11 is 0. The standard InChI is InChI=1S/C12H20N4O2/c1-15-6-7-16(11(17)3-8-18-2)9-10(15)12-13-4-5-14-12/h4-5,10H,3,6-9H2,1-2H3,(H,13,14)/t10-/m1/s1. The first-order valence-electron chi connectivity index (χ1n) is 6.18. The molecule has 2 heterocycles. The molecule has 1 saturated heterocycles. The van der Waals surface area contributed by atoms with Gasteiger partial charge in [-0.05, 0) is 7.05 Å². The van der Waals surface area contributed by atoms with Gasteiger partial charge < -0.3 is 14.6 Å². The van der Waals surface area contributed by atoms with E-state index in [9.17, 15) is 4.79 Å². The summed E-state index contributed by atoms with van der Waals surface area (Å²) in [6.07, 6.45) is 4.01. The van der Waals surface area contributed by atoms with Gasteiger partial charge in [-0.3, -0.25) is 9.69 Å². The first kappa shape index (κ1) is 13.0. The van der Waals surface area contributed by atoms with E-state index in [1.165, 1.54) is 0 Å². The van der Waals surface area contributed by atoms with E-state index in [1.54, 1.807) is 13.3 Å². The van der Waals surface area contributed by atoms with Crippen LogP contribution in [0.4, 0.5) is 0 Å². The molecule has 1 atom stereocenters. The quantitative estimate of drug-likeness (QED) is 0.835. The van der Waals surface area contributed by atoms with Crippen molar-refractivity contribution in [2.75, 3.05) is 40.4 Å². The van der Waals surface area contributed by atoms with Crippen LogP contribution in [0.15, 0.2) is 12.4 Å². The third kappa shape index (κ3) is 2.88. The second-order valence-corrected chi connectivity index (χ2v) is 4.55. The maximum absolute atomic E-state index is 12.0. The number of H-pyrrole nitrogens is 1. The zero-order valence-electron chi connectivity index (χ0n) is 10.9. The van der Waals surface area contributed by atoms with Gasteiger partial charge in [0.05, 0.1) is 19.1 Å². The predicted molar refractivity (Wildman–Crippen MR) is 67.0 cm³/mol. The molecule has 1 N–H and O–H groups in total. The number of hydrogen-bond donors (Lipinski definition) is 1. The number of ether oxygens (including phenoxy) is 1. The van der Waals surface area contributed by atoms with Crippen LogP contribution in [-0.2, 0) is 9.53 Å². The number of imidazole rings is 1. The van der Waals surface area contributed by atoms with Gasteiger partial charge >= 0.3 is 0 Å². The van der Waals surface area contributed by atoms with Crippen molar-refractivity contribution in [3.63, 3.8) is 0 Å². The van der Waals surface area contributed by atoms with E-state index >= 15 is 0 Å². The lowest BCUT2D eigenvalue weighted by Crippen LogP contribution is -2.49. The number of nitrogens with one attached hydrogen (secondary N) is 1. The topological polar surface area (TPSA) is 61.5 Å². The molecule has 6 nitrogen and oxygen atoms in total. The molecule has 1 aromatic rings. The van der Waals surface area contributed by atoms with Crippen LogP contribution in [0.5, 0.6) is 0 Å². The molecular formula is C12H20N4O2. The van der Waals surface area contributed by atoms with Crippen LogP contribution in [0.2, 0.25) is 0 Å². The zero-order chi connectivity index (χ0) is 13.0. The van der Waals surface area contributed by atoms with Crippen LogP contribution >= 0.6 is 0 Å². The molecule has 0 unspecified atom stereocenters. The van der Waals surface area contributed by atoms with E-state index in [0.717, 1.165) is 18.9 Å². The summed E-state index contributed by atoms with van der Waals surface area (Å²) in [5.41, 5.74) is 0. The van der Waals surface area contributed by atoms with Gasteiger partial charge in [-0.1, -0.05) is 0 Å².